The summed E-state index contributed by atoms with van der Waals surface area (Å²) in [6.45, 7) is 2.67. The maximum atomic E-state index is 14.2. The molecule has 5 rings (SSSR count). The highest BCUT2D eigenvalue weighted by Crippen LogP contribution is 2.36. The Morgan fingerprint density at radius 3 is 2.33 bits per heavy atom. The average molecular weight is 583 g/mol. The number of benzene rings is 3. The van der Waals surface area contributed by atoms with Crippen LogP contribution in [0.5, 0.6) is 5.75 Å². The van der Waals surface area contributed by atoms with Crippen LogP contribution < -0.4 is 31.2 Å². The van der Waals surface area contributed by atoms with Gasteiger partial charge in [-0.2, -0.15) is 0 Å². The second kappa shape index (κ2) is 11.9. The molecule has 1 aliphatic rings. The Kier molecular flexibility index (Phi) is 8.09. The summed E-state index contributed by atoms with van der Waals surface area (Å²) in [4.78, 5) is 68.0. The summed E-state index contributed by atoms with van der Waals surface area (Å²) in [5.41, 5.74) is 7.53. The fourth-order valence-electron chi connectivity index (χ4n) is 4.99. The van der Waals surface area contributed by atoms with E-state index in [4.69, 9.17) is 14.9 Å². The molecule has 220 valence electrons. The van der Waals surface area contributed by atoms with Gasteiger partial charge in [-0.15, -0.1) is 0 Å². The summed E-state index contributed by atoms with van der Waals surface area (Å²) in [7, 11) is 1.50. The molecule has 3 aromatic carbocycles. The number of nitrogens with zero attached hydrogens (tertiary/aromatic N) is 2. The molecule has 1 aromatic heterocycles. The normalized spacial score (nSPS) is 15.4. The predicted molar refractivity (Wildman–Crippen MR) is 160 cm³/mol. The highest BCUT2D eigenvalue weighted by molar-refractivity contribution is 6.13. The van der Waals surface area contributed by atoms with Crippen molar-refractivity contribution in [2.45, 2.75) is 32.5 Å². The first-order valence-electron chi connectivity index (χ1n) is 13.6. The Bertz CT molecular complexity index is 1800. The summed E-state index contributed by atoms with van der Waals surface area (Å²) in [5.74, 6) is -1.15. The first-order chi connectivity index (χ1) is 20.6. The molecule has 0 saturated heterocycles. The smallest absolute Gasteiger partial charge is 0.336 e. The number of fused-ring (bicyclic) bond motifs is 2. The van der Waals surface area contributed by atoms with E-state index in [2.05, 4.69) is 5.32 Å². The molecular weight excluding hydrogens is 552 g/mol. The number of carbonyl (C=O) groups is 4. The van der Waals surface area contributed by atoms with E-state index in [1.54, 1.807) is 66.7 Å². The molecular formula is C32H30N4O7. The Morgan fingerprint density at radius 1 is 1.00 bits per heavy atom. The van der Waals surface area contributed by atoms with Crippen LogP contribution in [0.4, 0.5) is 11.4 Å². The van der Waals surface area contributed by atoms with Crippen molar-refractivity contribution < 1.29 is 28.3 Å². The third-order valence-corrected chi connectivity index (χ3v) is 7.27. The second-order valence-electron chi connectivity index (χ2n) is 10.3. The zero-order valence-electron chi connectivity index (χ0n) is 23.8. The number of ketones is 1. The molecule has 2 heterocycles. The fourth-order valence-corrected chi connectivity index (χ4v) is 4.99. The summed E-state index contributed by atoms with van der Waals surface area (Å²) in [5, 5.41) is 3.28. The minimum atomic E-state index is -1.17. The Morgan fingerprint density at radius 2 is 1.67 bits per heavy atom. The number of amides is 3. The zero-order chi connectivity index (χ0) is 30.8. The van der Waals surface area contributed by atoms with Gasteiger partial charge in [0, 0.05) is 28.6 Å². The molecule has 0 radical (unpaired) electrons. The predicted octanol–water partition coefficient (Wildman–Crippen LogP) is 3.03. The number of nitrogens with one attached hydrogen (secondary N) is 1. The van der Waals surface area contributed by atoms with Gasteiger partial charge >= 0.3 is 5.63 Å². The Labute approximate surface area is 246 Å². The summed E-state index contributed by atoms with van der Waals surface area (Å²) in [6.07, 6.45) is 0. The number of ether oxygens (including phenoxy) is 1. The van der Waals surface area contributed by atoms with Gasteiger partial charge in [-0.25, -0.2) is 4.79 Å². The number of nitrogens with two attached hydrogens (primary N) is 1. The molecule has 0 spiro atoms. The molecule has 0 fully saturated rings. The monoisotopic (exact) mass is 582 g/mol. The van der Waals surface area contributed by atoms with Crippen LogP contribution in [-0.4, -0.2) is 49.2 Å². The lowest BCUT2D eigenvalue weighted by Gasteiger charge is -2.26. The van der Waals surface area contributed by atoms with Gasteiger partial charge < -0.3 is 30.0 Å². The van der Waals surface area contributed by atoms with Crippen LogP contribution in [0.1, 0.15) is 40.1 Å². The molecule has 2 atom stereocenters. The van der Waals surface area contributed by atoms with Gasteiger partial charge in [0.1, 0.15) is 17.4 Å². The minimum absolute atomic E-state index is 0.0653. The average Bonchev–Trinajstić information content (AvgIpc) is 3.11. The number of hydrogen-bond donors (Lipinski definition) is 2. The van der Waals surface area contributed by atoms with E-state index in [0.29, 0.717) is 39.2 Å². The van der Waals surface area contributed by atoms with Gasteiger partial charge in [-0.1, -0.05) is 24.3 Å². The summed E-state index contributed by atoms with van der Waals surface area (Å²) < 4.78 is 10.7. The molecule has 4 aromatic rings. The van der Waals surface area contributed by atoms with Crippen molar-refractivity contribution in [3.05, 3.63) is 99.9 Å². The van der Waals surface area contributed by atoms with Crippen molar-refractivity contribution in [2.75, 3.05) is 23.5 Å². The maximum absolute atomic E-state index is 14.2. The SMILES string of the molecule is COc1ccc2c(CN3C(=O)C(NC(=O)C(C)N)CN(C(=O)c4ccc(C(C)=O)cc4)c4ccccc43)cc(=O)oc2c1. The van der Waals surface area contributed by atoms with Crippen LogP contribution in [0.3, 0.4) is 0 Å². The van der Waals surface area contributed by atoms with Crippen molar-refractivity contribution in [3.63, 3.8) is 0 Å². The van der Waals surface area contributed by atoms with Crippen molar-refractivity contribution in [1.29, 1.82) is 0 Å². The number of hydrogen-bond acceptors (Lipinski definition) is 8. The van der Waals surface area contributed by atoms with E-state index in [0.717, 1.165) is 0 Å². The van der Waals surface area contributed by atoms with E-state index in [1.807, 2.05) is 0 Å². The molecule has 0 saturated carbocycles. The Hall–Kier alpha value is -5.29. The van der Waals surface area contributed by atoms with E-state index in [-0.39, 0.29) is 24.5 Å². The highest BCUT2D eigenvalue weighted by Gasteiger charge is 2.37. The van der Waals surface area contributed by atoms with Crippen LogP contribution in [0.15, 0.2) is 82.0 Å². The van der Waals surface area contributed by atoms with Crippen molar-refractivity contribution in [1.82, 2.24) is 5.32 Å². The lowest BCUT2D eigenvalue weighted by atomic mass is 10.1. The zero-order valence-corrected chi connectivity index (χ0v) is 23.8. The lowest BCUT2D eigenvalue weighted by molar-refractivity contribution is -0.127. The summed E-state index contributed by atoms with van der Waals surface area (Å²) in [6, 6.07) is 17.3. The van der Waals surface area contributed by atoms with Crippen LogP contribution >= 0.6 is 0 Å². The molecule has 3 N–H and O–H groups in total. The van der Waals surface area contributed by atoms with E-state index in [9.17, 15) is 24.0 Å². The largest absolute Gasteiger partial charge is 0.497 e. The Balaban J connectivity index is 1.63. The number of rotatable bonds is 7. The molecule has 43 heavy (non-hydrogen) atoms. The van der Waals surface area contributed by atoms with Gasteiger partial charge in [-0.05, 0) is 55.8 Å². The van der Waals surface area contributed by atoms with E-state index < -0.39 is 35.4 Å². The first kappa shape index (κ1) is 29.2. The standard InChI is InChI=1S/C32H30N4O7/c1-18(33)30(39)34-25-17-36(31(40)21-10-8-20(9-11-21)19(2)37)27-7-5-4-6-26(27)35(32(25)41)16-22-14-29(38)43-28-15-23(42-3)12-13-24(22)28/h4-15,18,25H,16-17,33H2,1-3H3,(H,34,39). The molecule has 0 aliphatic carbocycles. The van der Waals surface area contributed by atoms with E-state index >= 15 is 0 Å². The van der Waals surface area contributed by atoms with Gasteiger partial charge in [0.2, 0.25) is 5.91 Å². The topological polar surface area (TPSA) is 152 Å². The van der Waals surface area contributed by atoms with Crippen molar-refractivity contribution in [2.24, 2.45) is 5.73 Å². The van der Waals surface area contributed by atoms with E-state index in [1.165, 1.54) is 36.8 Å². The number of Topliss-reactive ketones (excluding diaryl/α,β-unsaturated/α-hetero) is 1. The van der Waals surface area contributed by atoms with Gasteiger partial charge in [0.25, 0.3) is 11.8 Å². The van der Waals surface area contributed by atoms with Crippen LogP contribution in [0, 0.1) is 0 Å². The lowest BCUT2D eigenvalue weighted by Crippen LogP contribution is -2.55. The summed E-state index contributed by atoms with van der Waals surface area (Å²) >= 11 is 0. The highest BCUT2D eigenvalue weighted by atomic mass is 16.5. The first-order valence-corrected chi connectivity index (χ1v) is 13.6. The van der Waals surface area contributed by atoms with Gasteiger partial charge in [0.05, 0.1) is 37.6 Å². The van der Waals surface area contributed by atoms with Crippen LogP contribution in [-0.2, 0) is 16.1 Å². The van der Waals surface area contributed by atoms with Gasteiger partial charge in [-0.3, -0.25) is 19.2 Å². The number of anilines is 2. The van der Waals surface area contributed by atoms with Crippen LogP contribution in [0.25, 0.3) is 11.0 Å². The number of methoxy groups -OCH3 is 1. The molecule has 0 bridgehead atoms. The van der Waals surface area contributed by atoms with Gasteiger partial charge in [0.15, 0.2) is 5.78 Å². The second-order valence-corrected chi connectivity index (χ2v) is 10.3. The quantitative estimate of drug-likeness (QED) is 0.249. The molecule has 11 heteroatoms. The van der Waals surface area contributed by atoms with Crippen molar-refractivity contribution >= 4 is 45.8 Å². The molecule has 1 aliphatic heterocycles. The minimum Gasteiger partial charge on any atom is -0.497 e. The fraction of sp³-hybridized carbons (Fsp3) is 0.219. The molecule has 11 nitrogen and oxygen atoms in total. The third-order valence-electron chi connectivity index (χ3n) is 7.27. The number of carbonyl (C=O) groups excluding carboxylic acids is 4. The maximum Gasteiger partial charge on any atom is 0.336 e. The molecule has 2 unspecified atom stereocenters. The van der Waals surface area contributed by atoms with Crippen LogP contribution in [0.2, 0.25) is 0 Å². The molecule has 3 amide bonds. The third kappa shape index (κ3) is 5.88. The van der Waals surface area contributed by atoms with Crippen molar-refractivity contribution in [3.8, 4) is 5.75 Å². The number of para-hydroxylation sites is 2.